The Labute approximate surface area is 147 Å². The van der Waals surface area contributed by atoms with Crippen LogP contribution in [0.3, 0.4) is 0 Å². The first-order valence-corrected chi connectivity index (χ1v) is 8.25. The van der Waals surface area contributed by atoms with Crippen LogP contribution in [0.5, 0.6) is 11.5 Å². The van der Waals surface area contributed by atoms with Crippen LogP contribution in [0.2, 0.25) is 10.0 Å². The summed E-state index contributed by atoms with van der Waals surface area (Å²) >= 11 is 18.4. The molecule has 0 unspecified atom stereocenters. The third kappa shape index (κ3) is 3.88. The van der Waals surface area contributed by atoms with Crippen molar-refractivity contribution >= 4 is 60.7 Å². The summed E-state index contributed by atoms with van der Waals surface area (Å²) in [6.45, 7) is 0. The Kier molecular flexibility index (Phi) is 5.48. The highest BCUT2D eigenvalue weighted by Crippen LogP contribution is 2.40. The number of alkyl halides is 1. The number of nitro benzene ring substituents is 1. The van der Waals surface area contributed by atoms with E-state index in [-0.39, 0.29) is 21.5 Å². The fourth-order valence-electron chi connectivity index (χ4n) is 1.57. The molecule has 0 aliphatic carbocycles. The van der Waals surface area contributed by atoms with Gasteiger partial charge in [-0.2, -0.15) is 0 Å². The first-order chi connectivity index (χ1) is 9.92. The summed E-state index contributed by atoms with van der Waals surface area (Å²) in [5, 5.41) is 12.0. The molecular weight excluding hydrogens is 449 g/mol. The van der Waals surface area contributed by atoms with E-state index in [4.69, 9.17) is 27.9 Å². The standard InChI is InChI=1S/C13H7Br2Cl2NO3/c14-6-7-1-2-12(8(15)3-7)21-13-5-10(17)9(16)4-11(13)18(19)20/h1-5H,6H2. The van der Waals surface area contributed by atoms with E-state index < -0.39 is 4.92 Å². The third-order valence-electron chi connectivity index (χ3n) is 2.57. The Balaban J connectivity index is 2.43. The van der Waals surface area contributed by atoms with E-state index in [0.29, 0.717) is 15.6 Å². The number of hydrogen-bond donors (Lipinski definition) is 0. The fraction of sp³-hybridized carbons (Fsp3) is 0.0769. The SMILES string of the molecule is O=[N+]([O-])c1cc(Cl)c(Cl)cc1Oc1ccc(CBr)cc1Br. The van der Waals surface area contributed by atoms with Gasteiger partial charge in [0.05, 0.1) is 19.4 Å². The number of ether oxygens (including phenoxy) is 1. The number of hydrogen-bond acceptors (Lipinski definition) is 3. The average molecular weight is 456 g/mol. The minimum atomic E-state index is -0.571. The number of halogens is 4. The van der Waals surface area contributed by atoms with Gasteiger partial charge in [-0.05, 0) is 33.6 Å². The van der Waals surface area contributed by atoms with Crippen molar-refractivity contribution < 1.29 is 9.66 Å². The lowest BCUT2D eigenvalue weighted by atomic mass is 10.2. The summed E-state index contributed by atoms with van der Waals surface area (Å²) in [4.78, 5) is 10.5. The zero-order valence-electron chi connectivity index (χ0n) is 10.3. The molecule has 0 aromatic heterocycles. The Morgan fingerprint density at radius 2 is 1.81 bits per heavy atom. The van der Waals surface area contributed by atoms with Crippen molar-refractivity contribution in [3.63, 3.8) is 0 Å². The van der Waals surface area contributed by atoms with Gasteiger partial charge in [-0.15, -0.1) is 0 Å². The maximum atomic E-state index is 11.1. The number of nitrogens with zero attached hydrogens (tertiary/aromatic N) is 1. The van der Waals surface area contributed by atoms with Crippen LogP contribution in [-0.4, -0.2) is 4.92 Å². The second-order valence-corrected chi connectivity index (χ2v) is 6.22. The van der Waals surface area contributed by atoms with Crippen molar-refractivity contribution in [2.45, 2.75) is 5.33 Å². The molecule has 0 aliphatic heterocycles. The highest BCUT2D eigenvalue weighted by Gasteiger charge is 2.20. The first kappa shape index (κ1) is 16.5. The number of rotatable bonds is 4. The second-order valence-electron chi connectivity index (χ2n) is 3.99. The van der Waals surface area contributed by atoms with E-state index in [9.17, 15) is 10.1 Å². The Bertz CT molecular complexity index is 710. The molecule has 2 aromatic carbocycles. The second kappa shape index (κ2) is 6.96. The topological polar surface area (TPSA) is 52.4 Å². The van der Waals surface area contributed by atoms with Crippen LogP contribution >= 0.6 is 55.1 Å². The zero-order valence-corrected chi connectivity index (χ0v) is 15.0. The molecule has 0 spiro atoms. The molecule has 0 atom stereocenters. The maximum absolute atomic E-state index is 11.1. The molecular formula is C13H7Br2Cl2NO3. The minimum absolute atomic E-state index is 0.0293. The van der Waals surface area contributed by atoms with Crippen molar-refractivity contribution in [2.24, 2.45) is 0 Å². The molecule has 21 heavy (non-hydrogen) atoms. The smallest absolute Gasteiger partial charge is 0.313 e. The lowest BCUT2D eigenvalue weighted by Crippen LogP contribution is -1.95. The van der Waals surface area contributed by atoms with Crippen molar-refractivity contribution in [3.8, 4) is 11.5 Å². The van der Waals surface area contributed by atoms with Crippen LogP contribution in [0.1, 0.15) is 5.56 Å². The lowest BCUT2D eigenvalue weighted by Gasteiger charge is -2.10. The molecule has 4 nitrogen and oxygen atoms in total. The molecule has 8 heteroatoms. The van der Waals surface area contributed by atoms with E-state index in [1.54, 1.807) is 6.07 Å². The number of benzene rings is 2. The Hall–Kier alpha value is -0.820. The zero-order chi connectivity index (χ0) is 15.6. The van der Waals surface area contributed by atoms with E-state index in [1.807, 2.05) is 12.1 Å². The maximum Gasteiger partial charge on any atom is 0.313 e. The van der Waals surface area contributed by atoms with Crippen LogP contribution < -0.4 is 4.74 Å². The molecule has 0 saturated heterocycles. The van der Waals surface area contributed by atoms with Gasteiger partial charge >= 0.3 is 5.69 Å². The molecule has 2 aromatic rings. The summed E-state index contributed by atoms with van der Waals surface area (Å²) in [5.74, 6) is 0.475. The van der Waals surface area contributed by atoms with Crippen molar-refractivity contribution in [1.29, 1.82) is 0 Å². The normalized spacial score (nSPS) is 10.5. The van der Waals surface area contributed by atoms with E-state index >= 15 is 0 Å². The quantitative estimate of drug-likeness (QED) is 0.306. The van der Waals surface area contributed by atoms with Gasteiger partial charge in [0, 0.05) is 17.5 Å². The van der Waals surface area contributed by atoms with Gasteiger partial charge in [0.25, 0.3) is 0 Å². The highest BCUT2D eigenvalue weighted by molar-refractivity contribution is 9.10. The van der Waals surface area contributed by atoms with Crippen LogP contribution in [-0.2, 0) is 5.33 Å². The summed E-state index contributed by atoms with van der Waals surface area (Å²) in [5.41, 5.74) is 0.790. The van der Waals surface area contributed by atoms with Gasteiger partial charge in [-0.25, -0.2) is 0 Å². The van der Waals surface area contributed by atoms with E-state index in [1.165, 1.54) is 12.1 Å². The van der Waals surface area contributed by atoms with Crippen molar-refractivity contribution in [2.75, 3.05) is 0 Å². The molecule has 0 heterocycles. The molecule has 0 aliphatic rings. The Morgan fingerprint density at radius 3 is 2.38 bits per heavy atom. The van der Waals surface area contributed by atoms with Crippen LogP contribution in [0, 0.1) is 10.1 Å². The summed E-state index contributed by atoms with van der Waals surface area (Å²) in [6, 6.07) is 7.91. The molecule has 0 N–H and O–H groups in total. The molecule has 0 saturated carbocycles. The predicted molar refractivity (Wildman–Crippen MR) is 90.0 cm³/mol. The fourth-order valence-corrected chi connectivity index (χ4v) is 2.74. The summed E-state index contributed by atoms with van der Waals surface area (Å²) in [6.07, 6.45) is 0. The van der Waals surface area contributed by atoms with Crippen molar-refractivity contribution in [1.82, 2.24) is 0 Å². The summed E-state index contributed by atoms with van der Waals surface area (Å²) in [7, 11) is 0. The molecule has 0 bridgehead atoms. The monoisotopic (exact) mass is 453 g/mol. The van der Waals surface area contributed by atoms with Gasteiger partial charge in [0.15, 0.2) is 0 Å². The molecule has 0 fully saturated rings. The first-order valence-electron chi connectivity index (χ1n) is 5.58. The van der Waals surface area contributed by atoms with Crippen LogP contribution in [0.4, 0.5) is 5.69 Å². The van der Waals surface area contributed by atoms with Crippen LogP contribution in [0.15, 0.2) is 34.8 Å². The van der Waals surface area contributed by atoms with Crippen LogP contribution in [0.25, 0.3) is 0 Å². The van der Waals surface area contributed by atoms with Gasteiger partial charge in [0.2, 0.25) is 5.75 Å². The molecule has 0 radical (unpaired) electrons. The van der Waals surface area contributed by atoms with E-state index in [0.717, 1.165) is 5.56 Å². The number of nitro groups is 1. The largest absolute Gasteiger partial charge is 0.449 e. The minimum Gasteiger partial charge on any atom is -0.449 e. The lowest BCUT2D eigenvalue weighted by molar-refractivity contribution is -0.385. The predicted octanol–water partition coefficient (Wildman–Crippen LogP) is 6.35. The summed E-state index contributed by atoms with van der Waals surface area (Å²) < 4.78 is 6.27. The Morgan fingerprint density at radius 1 is 1.14 bits per heavy atom. The van der Waals surface area contributed by atoms with Gasteiger partial charge < -0.3 is 4.74 Å². The molecule has 2 rings (SSSR count). The van der Waals surface area contributed by atoms with Gasteiger partial charge in [-0.1, -0.05) is 45.2 Å². The third-order valence-corrected chi connectivity index (χ3v) is 4.56. The highest BCUT2D eigenvalue weighted by atomic mass is 79.9. The average Bonchev–Trinajstić information content (AvgIpc) is 2.44. The van der Waals surface area contributed by atoms with Gasteiger partial charge in [-0.3, -0.25) is 10.1 Å². The molecule has 0 amide bonds. The van der Waals surface area contributed by atoms with E-state index in [2.05, 4.69) is 31.9 Å². The van der Waals surface area contributed by atoms with Gasteiger partial charge in [0.1, 0.15) is 5.75 Å². The molecule has 110 valence electrons. The van der Waals surface area contributed by atoms with Crippen molar-refractivity contribution in [3.05, 3.63) is 60.5 Å².